The maximum absolute atomic E-state index is 5.32. The van der Waals surface area contributed by atoms with Crippen molar-refractivity contribution in [1.82, 2.24) is 29.9 Å². The first-order chi connectivity index (χ1) is 15.8. The van der Waals surface area contributed by atoms with Gasteiger partial charge in [-0.25, -0.2) is 4.98 Å². The summed E-state index contributed by atoms with van der Waals surface area (Å²) in [5.74, 6) is 2.69. The van der Waals surface area contributed by atoms with Crippen LogP contribution in [0.15, 0.2) is 70.3 Å². The number of nitrogens with zero attached hydrogens (tertiary/aromatic N) is 6. The van der Waals surface area contributed by atoms with Gasteiger partial charge in [0, 0.05) is 29.5 Å². The Morgan fingerprint density at radius 1 is 0.938 bits per heavy atom. The minimum absolute atomic E-state index is 0.553. The summed E-state index contributed by atoms with van der Waals surface area (Å²) in [6.45, 7) is 4.84. The van der Waals surface area contributed by atoms with E-state index in [4.69, 9.17) is 9.51 Å². The van der Waals surface area contributed by atoms with E-state index in [1.807, 2.05) is 43.3 Å². The van der Waals surface area contributed by atoms with Gasteiger partial charge < -0.3 is 9.09 Å². The second kappa shape index (κ2) is 8.92. The van der Waals surface area contributed by atoms with Crippen LogP contribution in [-0.4, -0.2) is 29.9 Å². The van der Waals surface area contributed by atoms with Crippen LogP contribution < -0.4 is 0 Å². The molecule has 5 rings (SSSR count). The van der Waals surface area contributed by atoms with E-state index in [2.05, 4.69) is 56.1 Å². The molecule has 0 unspecified atom stereocenters. The van der Waals surface area contributed by atoms with Crippen molar-refractivity contribution in [2.24, 2.45) is 0 Å². The zero-order chi connectivity index (χ0) is 21.9. The first kappa shape index (κ1) is 20.4. The van der Waals surface area contributed by atoms with Crippen LogP contribution in [0.1, 0.15) is 25.6 Å². The predicted octanol–water partition coefficient (Wildman–Crippen LogP) is 5.42. The van der Waals surface area contributed by atoms with Crippen molar-refractivity contribution in [3.8, 4) is 22.6 Å². The van der Waals surface area contributed by atoms with Gasteiger partial charge in [-0.3, -0.25) is 0 Å². The summed E-state index contributed by atoms with van der Waals surface area (Å²) in [5, 5.41) is 14.9. The van der Waals surface area contributed by atoms with E-state index in [0.29, 0.717) is 11.6 Å². The molecule has 0 aliphatic carbocycles. The molecule has 32 heavy (non-hydrogen) atoms. The third-order valence-corrected chi connectivity index (χ3v) is 6.16. The third kappa shape index (κ3) is 3.89. The predicted molar refractivity (Wildman–Crippen MR) is 125 cm³/mol. The average molecular weight is 443 g/mol. The first-order valence-electron chi connectivity index (χ1n) is 10.6. The fourth-order valence-corrected chi connectivity index (χ4v) is 4.46. The van der Waals surface area contributed by atoms with E-state index >= 15 is 0 Å². The molecule has 160 valence electrons. The van der Waals surface area contributed by atoms with E-state index in [0.717, 1.165) is 57.5 Å². The second-order valence-electron chi connectivity index (χ2n) is 7.24. The van der Waals surface area contributed by atoms with Gasteiger partial charge in [-0.15, -0.1) is 10.2 Å². The molecule has 5 aromatic rings. The summed E-state index contributed by atoms with van der Waals surface area (Å²) in [6.07, 6.45) is 0.752. The number of aryl methyl sites for hydroxylation is 1. The number of pyridine rings is 1. The topological polar surface area (TPSA) is 82.5 Å². The largest absolute Gasteiger partial charge is 0.338 e. The first-order valence-corrected chi connectivity index (χ1v) is 11.6. The van der Waals surface area contributed by atoms with Crippen LogP contribution in [0.25, 0.3) is 33.5 Å². The summed E-state index contributed by atoms with van der Waals surface area (Å²) in [6, 6.07) is 20.5. The molecule has 0 amide bonds. The van der Waals surface area contributed by atoms with Crippen molar-refractivity contribution in [3.63, 3.8) is 0 Å². The Bertz CT molecular complexity index is 1360. The number of hydrogen-bond donors (Lipinski definition) is 0. The number of aromatic nitrogens is 6. The van der Waals surface area contributed by atoms with Crippen LogP contribution in [0.5, 0.6) is 0 Å². The van der Waals surface area contributed by atoms with Crippen molar-refractivity contribution < 1.29 is 4.52 Å². The Hall–Kier alpha value is -3.52. The van der Waals surface area contributed by atoms with Crippen molar-refractivity contribution >= 4 is 22.7 Å². The van der Waals surface area contributed by atoms with Gasteiger partial charge in [0.15, 0.2) is 16.8 Å². The van der Waals surface area contributed by atoms with Crippen LogP contribution >= 0.6 is 11.8 Å². The van der Waals surface area contributed by atoms with Crippen molar-refractivity contribution in [2.45, 2.75) is 37.7 Å². The van der Waals surface area contributed by atoms with Crippen LogP contribution in [-0.2, 0) is 18.7 Å². The Labute approximate surface area is 189 Å². The van der Waals surface area contributed by atoms with Gasteiger partial charge in [0.25, 0.3) is 0 Å². The van der Waals surface area contributed by atoms with Crippen LogP contribution in [0.4, 0.5) is 0 Å². The number of benzene rings is 2. The fraction of sp³-hybridized carbons (Fsp3) is 0.208. The van der Waals surface area contributed by atoms with Crippen molar-refractivity contribution in [2.75, 3.05) is 0 Å². The second-order valence-corrected chi connectivity index (χ2v) is 8.18. The molecular formula is C24H22N6OS. The quantitative estimate of drug-likeness (QED) is 0.311. The van der Waals surface area contributed by atoms with E-state index in [9.17, 15) is 0 Å². The molecule has 0 radical (unpaired) electrons. The maximum atomic E-state index is 5.32. The molecular weight excluding hydrogens is 420 g/mol. The molecule has 0 aliphatic rings. The molecule has 0 spiro atoms. The highest BCUT2D eigenvalue weighted by Gasteiger charge is 2.18. The SMILES string of the molecule is CCc1noc(CSc2nnc(-c3cc(-c4ccccc4)nc4ccccc34)n2CC)n1. The molecule has 0 saturated carbocycles. The molecule has 7 nitrogen and oxygen atoms in total. The molecule has 0 fully saturated rings. The number of hydrogen-bond acceptors (Lipinski definition) is 7. The summed E-state index contributed by atoms with van der Waals surface area (Å²) >= 11 is 1.55. The highest BCUT2D eigenvalue weighted by atomic mass is 32.2. The zero-order valence-corrected chi connectivity index (χ0v) is 18.7. The minimum Gasteiger partial charge on any atom is -0.338 e. The number of rotatable bonds is 7. The lowest BCUT2D eigenvalue weighted by Gasteiger charge is -2.11. The minimum atomic E-state index is 0.553. The van der Waals surface area contributed by atoms with Gasteiger partial charge in [0.1, 0.15) is 0 Å². The highest BCUT2D eigenvalue weighted by Crippen LogP contribution is 2.33. The molecule has 8 heteroatoms. The van der Waals surface area contributed by atoms with Gasteiger partial charge in [-0.1, -0.05) is 72.4 Å². The van der Waals surface area contributed by atoms with Gasteiger partial charge in [-0.05, 0) is 19.1 Å². The molecule has 0 atom stereocenters. The van der Waals surface area contributed by atoms with E-state index in [1.54, 1.807) is 11.8 Å². The van der Waals surface area contributed by atoms with Gasteiger partial charge in [-0.2, -0.15) is 4.98 Å². The number of para-hydroxylation sites is 1. The van der Waals surface area contributed by atoms with Gasteiger partial charge >= 0.3 is 0 Å². The zero-order valence-electron chi connectivity index (χ0n) is 17.9. The molecule has 0 N–H and O–H groups in total. The van der Waals surface area contributed by atoms with Crippen LogP contribution in [0.3, 0.4) is 0 Å². The average Bonchev–Trinajstić information content (AvgIpc) is 3.49. The third-order valence-electron chi connectivity index (χ3n) is 5.21. The molecule has 3 aromatic heterocycles. The standard InChI is InChI=1S/C24H22N6OS/c1-3-21-26-22(31-29-21)15-32-24-28-27-23(30(24)4-2)18-14-20(16-10-6-5-7-11-16)25-19-13-9-8-12-17(18)19/h5-14H,3-4,15H2,1-2H3. The summed E-state index contributed by atoms with van der Waals surface area (Å²) in [7, 11) is 0. The lowest BCUT2D eigenvalue weighted by Crippen LogP contribution is -2.01. The number of thioether (sulfide) groups is 1. The normalized spacial score (nSPS) is 11.3. The van der Waals surface area contributed by atoms with Crippen molar-refractivity contribution in [3.05, 3.63) is 72.4 Å². The van der Waals surface area contributed by atoms with E-state index in [1.165, 1.54) is 0 Å². The van der Waals surface area contributed by atoms with E-state index < -0.39 is 0 Å². The maximum Gasteiger partial charge on any atom is 0.237 e. The highest BCUT2D eigenvalue weighted by molar-refractivity contribution is 7.98. The molecule has 2 aromatic carbocycles. The van der Waals surface area contributed by atoms with Crippen molar-refractivity contribution in [1.29, 1.82) is 0 Å². The number of fused-ring (bicyclic) bond motifs is 1. The summed E-state index contributed by atoms with van der Waals surface area (Å²) in [4.78, 5) is 9.28. The Morgan fingerprint density at radius 2 is 1.75 bits per heavy atom. The lowest BCUT2D eigenvalue weighted by atomic mass is 10.0. The molecule has 0 aliphatic heterocycles. The summed E-state index contributed by atoms with van der Waals surface area (Å²) < 4.78 is 7.44. The molecule has 0 saturated heterocycles. The Morgan fingerprint density at radius 3 is 2.53 bits per heavy atom. The summed E-state index contributed by atoms with van der Waals surface area (Å²) in [5.41, 5.74) is 3.93. The molecule has 3 heterocycles. The van der Waals surface area contributed by atoms with Gasteiger partial charge in [0.05, 0.1) is 17.0 Å². The van der Waals surface area contributed by atoms with Crippen LogP contribution in [0.2, 0.25) is 0 Å². The lowest BCUT2D eigenvalue weighted by molar-refractivity contribution is 0.385. The molecule has 0 bridgehead atoms. The monoisotopic (exact) mass is 442 g/mol. The fourth-order valence-electron chi connectivity index (χ4n) is 3.62. The Kier molecular flexibility index (Phi) is 5.68. The van der Waals surface area contributed by atoms with Crippen LogP contribution in [0, 0.1) is 0 Å². The van der Waals surface area contributed by atoms with E-state index in [-0.39, 0.29) is 0 Å². The smallest absolute Gasteiger partial charge is 0.237 e. The Balaban J connectivity index is 1.56. The van der Waals surface area contributed by atoms with Gasteiger partial charge in [0.2, 0.25) is 5.89 Å².